The van der Waals surface area contributed by atoms with Gasteiger partial charge in [0.2, 0.25) is 5.91 Å². The minimum atomic E-state index is -1.66. The van der Waals surface area contributed by atoms with E-state index in [2.05, 4.69) is 4.90 Å². The molecule has 0 aliphatic carbocycles. The molecule has 1 fully saturated rings. The molecule has 26 heavy (non-hydrogen) atoms. The van der Waals surface area contributed by atoms with E-state index in [1.165, 1.54) is 0 Å². The summed E-state index contributed by atoms with van der Waals surface area (Å²) in [5.41, 5.74) is 1.06. The van der Waals surface area contributed by atoms with Crippen LogP contribution in [0.3, 0.4) is 0 Å². The fraction of sp³-hybridized carbons (Fsp3) is 0.579. The number of carboxylic acids is 1. The maximum Gasteiger partial charge on any atom is 0.333 e. The number of hydrogen-bond acceptors (Lipinski definition) is 5. The van der Waals surface area contributed by atoms with Crippen molar-refractivity contribution >= 4 is 17.6 Å². The molecule has 1 aromatic carbocycles. The summed E-state index contributed by atoms with van der Waals surface area (Å²) in [6.45, 7) is 6.16. The molecule has 1 heterocycles. The zero-order valence-corrected chi connectivity index (χ0v) is 15.6. The van der Waals surface area contributed by atoms with E-state index in [4.69, 9.17) is 9.84 Å². The number of carboxylic acid groups (broad SMARTS) is 1. The van der Waals surface area contributed by atoms with E-state index < -0.39 is 18.0 Å². The molecule has 0 unspecified atom stereocenters. The number of aliphatic hydroxyl groups excluding tert-OH is 1. The Hall–Kier alpha value is -2.28. The van der Waals surface area contributed by atoms with Crippen molar-refractivity contribution in [2.24, 2.45) is 11.8 Å². The third-order valence-corrected chi connectivity index (χ3v) is 4.71. The molecule has 1 aromatic rings. The van der Waals surface area contributed by atoms with Crippen molar-refractivity contribution in [3.63, 3.8) is 0 Å². The van der Waals surface area contributed by atoms with Crippen LogP contribution in [0.2, 0.25) is 0 Å². The van der Waals surface area contributed by atoms with Crippen LogP contribution < -0.4 is 9.64 Å². The molecule has 1 saturated heterocycles. The number of hydrogen-bond donors (Lipinski definition) is 2. The van der Waals surface area contributed by atoms with Gasteiger partial charge in [-0.05, 0) is 36.6 Å². The lowest BCUT2D eigenvalue weighted by molar-refractivity contribution is -0.157. The molecule has 7 nitrogen and oxygen atoms in total. The highest BCUT2D eigenvalue weighted by Crippen LogP contribution is 2.23. The van der Waals surface area contributed by atoms with Crippen molar-refractivity contribution in [3.8, 4) is 5.75 Å². The standard InChI is InChI=1S/C19H28N2O5/c1-13(2)12-16(17(22)19(24)25)18(23)21-10-8-20(9-11-21)14-4-6-15(26-3)7-5-14/h4-7,13,16-17,22H,8-12H2,1-3H3,(H,24,25)/t16-,17-/m0/s1. The van der Waals surface area contributed by atoms with Gasteiger partial charge in [-0.3, -0.25) is 4.79 Å². The number of methoxy groups -OCH3 is 1. The summed E-state index contributed by atoms with van der Waals surface area (Å²) in [6.07, 6.45) is -1.31. The lowest BCUT2D eigenvalue weighted by Gasteiger charge is -2.38. The third kappa shape index (κ3) is 4.88. The molecular weight excluding hydrogens is 336 g/mol. The van der Waals surface area contributed by atoms with Crippen LogP contribution in [0, 0.1) is 11.8 Å². The number of aliphatic hydroxyl groups is 1. The van der Waals surface area contributed by atoms with E-state index in [0.717, 1.165) is 11.4 Å². The topological polar surface area (TPSA) is 90.3 Å². The quantitative estimate of drug-likeness (QED) is 0.761. The van der Waals surface area contributed by atoms with Gasteiger partial charge in [0.1, 0.15) is 5.75 Å². The molecule has 1 amide bonds. The van der Waals surface area contributed by atoms with Crippen molar-refractivity contribution in [1.82, 2.24) is 4.90 Å². The Morgan fingerprint density at radius 3 is 2.15 bits per heavy atom. The van der Waals surface area contributed by atoms with Gasteiger partial charge < -0.3 is 24.7 Å². The van der Waals surface area contributed by atoms with Crippen molar-refractivity contribution in [1.29, 1.82) is 0 Å². The van der Waals surface area contributed by atoms with Crippen LogP contribution in [-0.2, 0) is 9.59 Å². The molecule has 2 rings (SSSR count). The summed E-state index contributed by atoms with van der Waals surface area (Å²) in [5, 5.41) is 19.1. The van der Waals surface area contributed by atoms with Gasteiger partial charge in [0.05, 0.1) is 13.0 Å². The van der Waals surface area contributed by atoms with Crippen LogP contribution in [0.5, 0.6) is 5.75 Å². The van der Waals surface area contributed by atoms with E-state index >= 15 is 0 Å². The highest BCUT2D eigenvalue weighted by Gasteiger charge is 2.36. The molecule has 0 saturated carbocycles. The fourth-order valence-corrected chi connectivity index (χ4v) is 3.26. The first kappa shape index (κ1) is 20.0. The number of aliphatic carboxylic acids is 1. The van der Waals surface area contributed by atoms with Gasteiger partial charge in [0.15, 0.2) is 6.10 Å². The number of nitrogens with zero attached hydrogens (tertiary/aromatic N) is 2. The molecule has 2 atom stereocenters. The summed E-state index contributed by atoms with van der Waals surface area (Å²) in [7, 11) is 1.62. The molecule has 1 aliphatic heterocycles. The summed E-state index contributed by atoms with van der Waals surface area (Å²) in [5.74, 6) is -1.61. The van der Waals surface area contributed by atoms with E-state index in [-0.39, 0.29) is 11.8 Å². The molecule has 0 spiro atoms. The number of anilines is 1. The largest absolute Gasteiger partial charge is 0.497 e. The molecule has 2 N–H and O–H groups in total. The smallest absolute Gasteiger partial charge is 0.333 e. The Balaban J connectivity index is 1.99. The van der Waals surface area contributed by atoms with E-state index in [0.29, 0.717) is 32.6 Å². The van der Waals surface area contributed by atoms with Gasteiger partial charge in [-0.25, -0.2) is 4.79 Å². The minimum absolute atomic E-state index is 0.124. The number of carbonyl (C=O) groups excluding carboxylic acids is 1. The number of ether oxygens (including phenoxy) is 1. The highest BCUT2D eigenvalue weighted by molar-refractivity contribution is 5.86. The Labute approximate surface area is 154 Å². The maximum absolute atomic E-state index is 12.8. The number of amides is 1. The predicted octanol–water partition coefficient (Wildman–Crippen LogP) is 1.45. The Morgan fingerprint density at radius 2 is 1.69 bits per heavy atom. The lowest BCUT2D eigenvalue weighted by atomic mass is 9.90. The number of piperazine rings is 1. The Kier molecular flexibility index (Phi) is 6.85. The summed E-state index contributed by atoms with van der Waals surface area (Å²) in [4.78, 5) is 27.8. The van der Waals surface area contributed by atoms with Gasteiger partial charge >= 0.3 is 5.97 Å². The SMILES string of the molecule is COc1ccc(N2CCN(C(=O)[C@@H](CC(C)C)[C@H](O)C(=O)O)CC2)cc1. The first-order chi connectivity index (χ1) is 12.3. The summed E-state index contributed by atoms with van der Waals surface area (Å²) in [6, 6.07) is 7.75. The Morgan fingerprint density at radius 1 is 1.12 bits per heavy atom. The average Bonchev–Trinajstić information content (AvgIpc) is 2.65. The molecular formula is C19H28N2O5. The monoisotopic (exact) mass is 364 g/mol. The van der Waals surface area contributed by atoms with Crippen LogP contribution in [0.25, 0.3) is 0 Å². The summed E-state index contributed by atoms with van der Waals surface area (Å²) < 4.78 is 5.16. The Bertz CT molecular complexity index is 609. The number of carbonyl (C=O) groups is 2. The second kappa shape index (κ2) is 8.89. The molecule has 1 aliphatic rings. The second-order valence-electron chi connectivity index (χ2n) is 7.03. The van der Waals surface area contributed by atoms with E-state index in [1.54, 1.807) is 12.0 Å². The number of benzene rings is 1. The van der Waals surface area contributed by atoms with Crippen molar-refractivity contribution in [3.05, 3.63) is 24.3 Å². The van der Waals surface area contributed by atoms with Crippen LogP contribution in [0.15, 0.2) is 24.3 Å². The summed E-state index contributed by atoms with van der Waals surface area (Å²) >= 11 is 0. The normalized spacial score (nSPS) is 17.1. The van der Waals surface area contributed by atoms with Gasteiger partial charge in [0.25, 0.3) is 0 Å². The second-order valence-corrected chi connectivity index (χ2v) is 7.03. The van der Waals surface area contributed by atoms with Gasteiger partial charge in [-0.15, -0.1) is 0 Å². The van der Waals surface area contributed by atoms with Crippen LogP contribution >= 0.6 is 0 Å². The van der Waals surface area contributed by atoms with Gasteiger partial charge in [0, 0.05) is 31.9 Å². The first-order valence-corrected chi connectivity index (χ1v) is 8.92. The molecule has 7 heteroatoms. The highest BCUT2D eigenvalue weighted by atomic mass is 16.5. The van der Waals surface area contributed by atoms with E-state index in [9.17, 15) is 14.7 Å². The zero-order valence-electron chi connectivity index (χ0n) is 15.6. The van der Waals surface area contributed by atoms with Crippen LogP contribution in [0.1, 0.15) is 20.3 Å². The average molecular weight is 364 g/mol. The maximum atomic E-state index is 12.8. The van der Waals surface area contributed by atoms with Crippen LogP contribution in [0.4, 0.5) is 5.69 Å². The predicted molar refractivity (Wildman–Crippen MR) is 98.4 cm³/mol. The molecule has 0 bridgehead atoms. The van der Waals surface area contributed by atoms with Crippen LogP contribution in [-0.4, -0.2) is 66.4 Å². The lowest BCUT2D eigenvalue weighted by Crippen LogP contribution is -2.52. The molecule has 0 aromatic heterocycles. The van der Waals surface area contributed by atoms with Crippen molar-refractivity contribution in [2.45, 2.75) is 26.4 Å². The fourth-order valence-electron chi connectivity index (χ4n) is 3.26. The molecule has 144 valence electrons. The van der Waals surface area contributed by atoms with Gasteiger partial charge in [-0.1, -0.05) is 13.8 Å². The van der Waals surface area contributed by atoms with Gasteiger partial charge in [-0.2, -0.15) is 0 Å². The van der Waals surface area contributed by atoms with E-state index in [1.807, 2.05) is 38.1 Å². The zero-order chi connectivity index (χ0) is 19.3. The van der Waals surface area contributed by atoms with Crippen molar-refractivity contribution in [2.75, 3.05) is 38.2 Å². The number of rotatable bonds is 7. The third-order valence-electron chi connectivity index (χ3n) is 4.71. The van der Waals surface area contributed by atoms with Crippen molar-refractivity contribution < 1.29 is 24.5 Å². The minimum Gasteiger partial charge on any atom is -0.497 e. The molecule has 0 radical (unpaired) electrons. The first-order valence-electron chi connectivity index (χ1n) is 8.92.